The fourth-order valence-electron chi connectivity index (χ4n) is 1.10. The lowest BCUT2D eigenvalue weighted by Gasteiger charge is -2.13. The van der Waals surface area contributed by atoms with Crippen molar-refractivity contribution in [2.24, 2.45) is 0 Å². The van der Waals surface area contributed by atoms with Gasteiger partial charge in [-0.05, 0) is 26.3 Å². The molecule has 0 aliphatic heterocycles. The first-order valence-corrected chi connectivity index (χ1v) is 5.71. The summed E-state index contributed by atoms with van der Waals surface area (Å²) in [5.74, 6) is 0. The summed E-state index contributed by atoms with van der Waals surface area (Å²) in [6.45, 7) is 10.6. The van der Waals surface area contributed by atoms with Crippen LogP contribution in [0, 0.1) is 0 Å². The normalized spacial score (nSPS) is 13.1. The van der Waals surface area contributed by atoms with Crippen LogP contribution in [0.25, 0.3) is 0 Å². The largest absolute Gasteiger partial charge is 0.379 e. The number of hydrogen-bond acceptors (Lipinski definition) is 3. The first kappa shape index (κ1) is 13.9. The van der Waals surface area contributed by atoms with Crippen molar-refractivity contribution in [3.05, 3.63) is 0 Å². The van der Waals surface area contributed by atoms with Crippen molar-refractivity contribution >= 4 is 0 Å². The molecule has 0 bridgehead atoms. The molecule has 0 amide bonds. The second kappa shape index (κ2) is 11.0. The van der Waals surface area contributed by atoms with Gasteiger partial charge in [-0.2, -0.15) is 0 Å². The molecule has 14 heavy (non-hydrogen) atoms. The molecule has 0 fully saturated rings. The van der Waals surface area contributed by atoms with Crippen LogP contribution < -0.4 is 5.32 Å². The zero-order valence-corrected chi connectivity index (χ0v) is 9.84. The molecule has 3 heteroatoms. The molecule has 86 valence electrons. The zero-order chi connectivity index (χ0) is 10.6. The monoisotopic (exact) mass is 203 g/mol. The molecule has 0 aliphatic rings. The van der Waals surface area contributed by atoms with E-state index < -0.39 is 0 Å². The molecule has 0 aliphatic carbocycles. The second-order valence-electron chi connectivity index (χ2n) is 3.50. The Bertz CT molecular complexity index is 109. The Kier molecular flexibility index (Phi) is 10.9. The van der Waals surface area contributed by atoms with E-state index >= 15 is 0 Å². The maximum atomic E-state index is 5.55. The lowest BCUT2D eigenvalue weighted by molar-refractivity contribution is 0.0130. The second-order valence-corrected chi connectivity index (χ2v) is 3.50. The van der Waals surface area contributed by atoms with Crippen LogP contribution in [-0.2, 0) is 9.47 Å². The zero-order valence-electron chi connectivity index (χ0n) is 9.84. The van der Waals surface area contributed by atoms with E-state index in [-0.39, 0.29) is 6.10 Å². The molecule has 0 aromatic heterocycles. The van der Waals surface area contributed by atoms with Crippen LogP contribution in [0.3, 0.4) is 0 Å². The van der Waals surface area contributed by atoms with E-state index in [1.54, 1.807) is 0 Å². The van der Waals surface area contributed by atoms with Crippen molar-refractivity contribution in [3.63, 3.8) is 0 Å². The molecule has 0 heterocycles. The minimum absolute atomic E-state index is 0.284. The third-order valence-corrected chi connectivity index (χ3v) is 1.84. The van der Waals surface area contributed by atoms with E-state index in [0.29, 0.717) is 13.2 Å². The average Bonchev–Trinajstić information content (AvgIpc) is 2.18. The molecule has 1 atom stereocenters. The fourth-order valence-corrected chi connectivity index (χ4v) is 1.10. The molecule has 0 spiro atoms. The van der Waals surface area contributed by atoms with Crippen molar-refractivity contribution < 1.29 is 9.47 Å². The van der Waals surface area contributed by atoms with Gasteiger partial charge in [0, 0.05) is 13.2 Å². The molecular weight excluding hydrogens is 178 g/mol. The maximum Gasteiger partial charge on any atom is 0.0704 e. The highest BCUT2D eigenvalue weighted by atomic mass is 16.5. The quantitative estimate of drug-likeness (QED) is 0.549. The summed E-state index contributed by atoms with van der Waals surface area (Å²) < 4.78 is 10.9. The van der Waals surface area contributed by atoms with Crippen LogP contribution in [0.4, 0.5) is 0 Å². The van der Waals surface area contributed by atoms with Crippen molar-refractivity contribution in [1.29, 1.82) is 0 Å². The third kappa shape index (κ3) is 9.96. The van der Waals surface area contributed by atoms with Crippen molar-refractivity contribution in [1.82, 2.24) is 5.32 Å². The van der Waals surface area contributed by atoms with Gasteiger partial charge in [0.15, 0.2) is 0 Å². The van der Waals surface area contributed by atoms with Gasteiger partial charge in [0.1, 0.15) is 0 Å². The van der Waals surface area contributed by atoms with Crippen molar-refractivity contribution in [2.45, 2.75) is 39.7 Å². The molecule has 1 unspecified atom stereocenters. The maximum absolute atomic E-state index is 5.55. The van der Waals surface area contributed by atoms with Crippen LogP contribution in [0.2, 0.25) is 0 Å². The van der Waals surface area contributed by atoms with Crippen LogP contribution in [0.5, 0.6) is 0 Å². The van der Waals surface area contributed by atoms with Crippen molar-refractivity contribution in [2.75, 3.05) is 32.9 Å². The Labute approximate surface area is 88.2 Å². The van der Waals surface area contributed by atoms with Crippen LogP contribution >= 0.6 is 0 Å². The topological polar surface area (TPSA) is 30.5 Å². The van der Waals surface area contributed by atoms with Gasteiger partial charge >= 0.3 is 0 Å². The Morgan fingerprint density at radius 1 is 1.07 bits per heavy atom. The summed E-state index contributed by atoms with van der Waals surface area (Å²) >= 11 is 0. The third-order valence-electron chi connectivity index (χ3n) is 1.84. The highest BCUT2D eigenvalue weighted by molar-refractivity contribution is 4.54. The van der Waals surface area contributed by atoms with Crippen molar-refractivity contribution in [3.8, 4) is 0 Å². The molecule has 1 N–H and O–H groups in total. The summed E-state index contributed by atoms with van der Waals surface area (Å²) in [6, 6.07) is 0. The Morgan fingerprint density at radius 2 is 1.86 bits per heavy atom. The van der Waals surface area contributed by atoms with Gasteiger partial charge in [0.2, 0.25) is 0 Å². The van der Waals surface area contributed by atoms with Gasteiger partial charge in [0.05, 0.1) is 19.3 Å². The lowest BCUT2D eigenvalue weighted by Crippen LogP contribution is -2.28. The van der Waals surface area contributed by atoms with E-state index in [4.69, 9.17) is 9.47 Å². The number of rotatable bonds is 10. The molecule has 0 radical (unpaired) electrons. The van der Waals surface area contributed by atoms with Crippen LogP contribution in [-0.4, -0.2) is 39.0 Å². The van der Waals surface area contributed by atoms with Gasteiger partial charge < -0.3 is 14.8 Å². The van der Waals surface area contributed by atoms with E-state index in [1.807, 2.05) is 0 Å². The Morgan fingerprint density at radius 3 is 2.50 bits per heavy atom. The highest BCUT2D eigenvalue weighted by Crippen LogP contribution is 1.89. The fraction of sp³-hybridized carbons (Fsp3) is 1.00. The molecule has 0 aromatic carbocycles. The predicted molar refractivity (Wildman–Crippen MR) is 59.7 cm³/mol. The molecule has 0 saturated carbocycles. The van der Waals surface area contributed by atoms with Gasteiger partial charge in [-0.15, -0.1) is 0 Å². The predicted octanol–water partition coefficient (Wildman–Crippen LogP) is 1.82. The minimum atomic E-state index is 0.284. The summed E-state index contributed by atoms with van der Waals surface area (Å²) in [7, 11) is 0. The summed E-state index contributed by atoms with van der Waals surface area (Å²) in [6.07, 6.45) is 2.53. The van der Waals surface area contributed by atoms with E-state index in [9.17, 15) is 0 Å². The van der Waals surface area contributed by atoms with E-state index in [0.717, 1.165) is 26.1 Å². The Hall–Kier alpha value is -0.120. The standard InChI is InChI=1S/C11H25NO2/c1-4-6-12-10-11(3)14-9-8-13-7-5-2/h11-12H,4-10H2,1-3H3. The van der Waals surface area contributed by atoms with E-state index in [1.165, 1.54) is 6.42 Å². The molecule has 0 aromatic rings. The highest BCUT2D eigenvalue weighted by Gasteiger charge is 2.00. The van der Waals surface area contributed by atoms with Gasteiger partial charge in [0.25, 0.3) is 0 Å². The average molecular weight is 203 g/mol. The summed E-state index contributed by atoms with van der Waals surface area (Å²) in [5, 5.41) is 3.32. The number of hydrogen-bond donors (Lipinski definition) is 1. The molecular formula is C11H25NO2. The van der Waals surface area contributed by atoms with Crippen LogP contribution in [0.15, 0.2) is 0 Å². The molecule has 0 saturated heterocycles. The Balaban J connectivity index is 3.06. The van der Waals surface area contributed by atoms with Crippen LogP contribution in [0.1, 0.15) is 33.6 Å². The molecule has 3 nitrogen and oxygen atoms in total. The summed E-state index contributed by atoms with van der Waals surface area (Å²) in [5.41, 5.74) is 0. The van der Waals surface area contributed by atoms with Gasteiger partial charge in [-0.25, -0.2) is 0 Å². The number of ether oxygens (including phenoxy) is 2. The van der Waals surface area contributed by atoms with E-state index in [2.05, 4.69) is 26.1 Å². The number of nitrogens with one attached hydrogen (secondary N) is 1. The minimum Gasteiger partial charge on any atom is -0.379 e. The SMILES string of the molecule is CCCNCC(C)OCCOCCC. The van der Waals surface area contributed by atoms with Gasteiger partial charge in [-0.3, -0.25) is 0 Å². The summed E-state index contributed by atoms with van der Waals surface area (Å²) in [4.78, 5) is 0. The molecule has 0 rings (SSSR count). The first-order valence-electron chi connectivity index (χ1n) is 5.71. The smallest absolute Gasteiger partial charge is 0.0704 e. The van der Waals surface area contributed by atoms with Gasteiger partial charge in [-0.1, -0.05) is 13.8 Å². The lowest BCUT2D eigenvalue weighted by atomic mass is 10.4. The first-order chi connectivity index (χ1) is 6.81.